The summed E-state index contributed by atoms with van der Waals surface area (Å²) in [5.41, 5.74) is 7.30. The average Bonchev–Trinajstić information content (AvgIpc) is 2.88. The van der Waals surface area contributed by atoms with E-state index in [0.29, 0.717) is 25.3 Å². The van der Waals surface area contributed by atoms with Crippen molar-refractivity contribution in [3.05, 3.63) is 41.5 Å². The number of nitrogens with zero attached hydrogens (tertiary/aromatic N) is 3. The monoisotopic (exact) mass is 401 g/mol. The number of benzene rings is 1. The summed E-state index contributed by atoms with van der Waals surface area (Å²) in [5.74, 6) is -0.477. The molecule has 8 heteroatoms. The van der Waals surface area contributed by atoms with Crippen molar-refractivity contribution in [1.29, 1.82) is 0 Å². The third-order valence-electron chi connectivity index (χ3n) is 5.09. The molecule has 0 unspecified atom stereocenters. The van der Waals surface area contributed by atoms with Crippen LogP contribution in [0, 0.1) is 11.7 Å². The topological polar surface area (TPSA) is 93.2 Å². The number of nitrogens with one attached hydrogen (secondary N) is 1. The largest absolute Gasteiger partial charge is 0.368 e. The van der Waals surface area contributed by atoms with E-state index in [1.165, 1.54) is 12.1 Å². The van der Waals surface area contributed by atoms with Crippen LogP contribution in [0.25, 0.3) is 11.4 Å². The van der Waals surface area contributed by atoms with Gasteiger partial charge in [-0.15, -0.1) is 0 Å². The number of primary amides is 1. The third-order valence-corrected chi connectivity index (χ3v) is 5.09. The maximum Gasteiger partial charge on any atom is 0.272 e. The van der Waals surface area contributed by atoms with Crippen molar-refractivity contribution < 1.29 is 14.0 Å². The van der Waals surface area contributed by atoms with Gasteiger partial charge >= 0.3 is 0 Å². The van der Waals surface area contributed by atoms with Crippen LogP contribution in [0.15, 0.2) is 24.3 Å². The first kappa shape index (κ1) is 21.0. The van der Waals surface area contributed by atoms with Crippen LogP contribution >= 0.6 is 0 Å². The molecule has 156 valence electrons. The maximum atomic E-state index is 13.4. The number of imidazole rings is 1. The number of hydrogen-bond acceptors (Lipinski definition) is 4. The van der Waals surface area contributed by atoms with Crippen LogP contribution in [-0.4, -0.2) is 45.9 Å². The number of fused-ring (bicyclic) bond motifs is 1. The number of amides is 2. The summed E-state index contributed by atoms with van der Waals surface area (Å²) in [5, 5.41) is 2.76. The number of aromatic nitrogens is 2. The first-order valence-electron chi connectivity index (χ1n) is 9.90. The Balaban J connectivity index is 2.00. The number of halogens is 1. The lowest BCUT2D eigenvalue weighted by molar-refractivity contribution is -0.120. The molecule has 0 aliphatic carbocycles. The molecule has 0 saturated heterocycles. The van der Waals surface area contributed by atoms with Gasteiger partial charge in [0.1, 0.15) is 17.7 Å². The average molecular weight is 401 g/mol. The van der Waals surface area contributed by atoms with E-state index >= 15 is 0 Å². The summed E-state index contributed by atoms with van der Waals surface area (Å²) in [6, 6.07) is 5.33. The lowest BCUT2D eigenvalue weighted by Gasteiger charge is -2.18. The third kappa shape index (κ3) is 4.82. The molecule has 3 rings (SSSR count). The fourth-order valence-electron chi connectivity index (χ4n) is 3.67. The van der Waals surface area contributed by atoms with Gasteiger partial charge in [0.05, 0.1) is 5.69 Å². The van der Waals surface area contributed by atoms with Gasteiger partial charge < -0.3 is 20.5 Å². The van der Waals surface area contributed by atoms with Crippen molar-refractivity contribution in [3.8, 4) is 11.4 Å². The van der Waals surface area contributed by atoms with Crippen LogP contribution in [0.4, 0.5) is 4.39 Å². The molecule has 0 fully saturated rings. The van der Waals surface area contributed by atoms with Crippen molar-refractivity contribution in [2.45, 2.75) is 45.8 Å². The molecule has 1 atom stereocenters. The van der Waals surface area contributed by atoms with Gasteiger partial charge in [-0.2, -0.15) is 0 Å². The Morgan fingerprint density at radius 1 is 1.24 bits per heavy atom. The van der Waals surface area contributed by atoms with E-state index in [-0.39, 0.29) is 17.4 Å². The van der Waals surface area contributed by atoms with Gasteiger partial charge in [-0.3, -0.25) is 9.59 Å². The number of carbonyl (C=O) groups excluding carboxylic acids is 2. The first-order valence-corrected chi connectivity index (χ1v) is 9.90. The zero-order valence-corrected chi connectivity index (χ0v) is 17.1. The highest BCUT2D eigenvalue weighted by molar-refractivity contribution is 5.97. The van der Waals surface area contributed by atoms with Gasteiger partial charge in [-0.1, -0.05) is 13.8 Å². The number of nitrogens with two attached hydrogens (primary N) is 1. The minimum Gasteiger partial charge on any atom is -0.368 e. The Morgan fingerprint density at radius 2 is 1.93 bits per heavy atom. The summed E-state index contributed by atoms with van der Waals surface area (Å²) >= 11 is 0. The molecule has 2 aromatic rings. The predicted molar refractivity (Wildman–Crippen MR) is 108 cm³/mol. The molecule has 3 N–H and O–H groups in total. The molecular formula is C21H28FN5O2. The van der Waals surface area contributed by atoms with Crippen LogP contribution in [0.3, 0.4) is 0 Å². The fraction of sp³-hybridized carbons (Fsp3) is 0.476. The van der Waals surface area contributed by atoms with E-state index in [9.17, 15) is 14.0 Å². The number of hydrogen-bond donors (Lipinski definition) is 2. The molecule has 1 aliphatic rings. The number of carbonyl (C=O) groups is 2. The van der Waals surface area contributed by atoms with E-state index < -0.39 is 17.9 Å². The van der Waals surface area contributed by atoms with Gasteiger partial charge in [0.15, 0.2) is 5.69 Å². The molecule has 2 heterocycles. The van der Waals surface area contributed by atoms with Gasteiger partial charge in [-0.25, -0.2) is 9.37 Å². The second kappa shape index (κ2) is 8.73. The van der Waals surface area contributed by atoms with Crippen molar-refractivity contribution in [1.82, 2.24) is 19.8 Å². The maximum absolute atomic E-state index is 13.4. The standard InChI is InChI=1S/C21H28FN5O2/c1-13(2)11-16(19(23)28)24-21(29)18-17-12-26(3)9-4-10-27(17)20(25-18)14-5-7-15(22)8-6-14/h5-8,13,16H,4,9-12H2,1-3H3,(H2,23,28)(H,24,29)/t16-/m0/s1. The highest BCUT2D eigenvalue weighted by Gasteiger charge is 2.28. The lowest BCUT2D eigenvalue weighted by atomic mass is 10.0. The second-order valence-corrected chi connectivity index (χ2v) is 8.04. The van der Waals surface area contributed by atoms with Crippen LogP contribution < -0.4 is 11.1 Å². The summed E-state index contributed by atoms with van der Waals surface area (Å²) in [7, 11) is 1.99. The summed E-state index contributed by atoms with van der Waals surface area (Å²) < 4.78 is 15.4. The molecule has 29 heavy (non-hydrogen) atoms. The molecule has 0 spiro atoms. The van der Waals surface area contributed by atoms with Crippen LogP contribution in [-0.2, 0) is 17.9 Å². The van der Waals surface area contributed by atoms with Gasteiger partial charge in [-0.05, 0) is 56.6 Å². The normalized spacial score (nSPS) is 15.6. The van der Waals surface area contributed by atoms with Crippen molar-refractivity contribution in [3.63, 3.8) is 0 Å². The second-order valence-electron chi connectivity index (χ2n) is 8.04. The fourth-order valence-corrected chi connectivity index (χ4v) is 3.67. The minimum atomic E-state index is -0.752. The molecule has 1 aliphatic heterocycles. The first-order chi connectivity index (χ1) is 13.8. The van der Waals surface area contributed by atoms with Gasteiger partial charge in [0.2, 0.25) is 5.91 Å². The van der Waals surface area contributed by atoms with E-state index in [4.69, 9.17) is 5.73 Å². The Morgan fingerprint density at radius 3 is 2.55 bits per heavy atom. The molecular weight excluding hydrogens is 373 g/mol. The van der Waals surface area contributed by atoms with Gasteiger partial charge in [0, 0.05) is 18.7 Å². The zero-order valence-electron chi connectivity index (χ0n) is 17.1. The Kier molecular flexibility index (Phi) is 6.32. The van der Waals surface area contributed by atoms with Crippen LogP contribution in [0.5, 0.6) is 0 Å². The van der Waals surface area contributed by atoms with E-state index in [2.05, 4.69) is 15.2 Å². The molecule has 0 radical (unpaired) electrons. The highest BCUT2D eigenvalue weighted by atomic mass is 19.1. The van der Waals surface area contributed by atoms with E-state index in [1.807, 2.05) is 25.5 Å². The van der Waals surface area contributed by atoms with Crippen LogP contribution in [0.2, 0.25) is 0 Å². The molecule has 0 saturated carbocycles. The molecule has 1 aromatic carbocycles. The van der Waals surface area contributed by atoms with Gasteiger partial charge in [0.25, 0.3) is 5.91 Å². The van der Waals surface area contributed by atoms with E-state index in [1.54, 1.807) is 12.1 Å². The highest BCUT2D eigenvalue weighted by Crippen LogP contribution is 2.26. The Bertz CT molecular complexity index is 891. The SMILES string of the molecule is CC(C)C[C@H](NC(=O)c1nc(-c2ccc(F)cc2)n2c1CN(C)CCC2)C(N)=O. The Labute approximate surface area is 170 Å². The molecule has 0 bridgehead atoms. The summed E-state index contributed by atoms with van der Waals surface area (Å²) in [6.45, 7) is 6.09. The smallest absolute Gasteiger partial charge is 0.272 e. The number of rotatable bonds is 6. The Hall–Kier alpha value is -2.74. The van der Waals surface area contributed by atoms with Crippen LogP contribution in [0.1, 0.15) is 42.9 Å². The molecule has 1 aromatic heterocycles. The molecule has 7 nitrogen and oxygen atoms in total. The summed E-state index contributed by atoms with van der Waals surface area (Å²) in [4.78, 5) is 31.6. The predicted octanol–water partition coefficient (Wildman–Crippen LogP) is 2.15. The lowest BCUT2D eigenvalue weighted by Crippen LogP contribution is -2.45. The van der Waals surface area contributed by atoms with Crippen molar-refractivity contribution in [2.24, 2.45) is 11.7 Å². The minimum absolute atomic E-state index is 0.202. The summed E-state index contributed by atoms with van der Waals surface area (Å²) in [6.07, 6.45) is 1.37. The van der Waals surface area contributed by atoms with Crippen molar-refractivity contribution >= 4 is 11.8 Å². The quantitative estimate of drug-likeness (QED) is 0.776. The molecule has 2 amide bonds. The van der Waals surface area contributed by atoms with Crippen molar-refractivity contribution in [2.75, 3.05) is 13.6 Å². The van der Waals surface area contributed by atoms with E-state index in [0.717, 1.165) is 24.2 Å². The zero-order chi connectivity index (χ0) is 21.1.